The second-order valence-corrected chi connectivity index (χ2v) is 15.4. The van der Waals surface area contributed by atoms with Crippen LogP contribution in [0.4, 0.5) is 5.69 Å². The predicted octanol–water partition coefficient (Wildman–Crippen LogP) is 16.6. The van der Waals surface area contributed by atoms with Gasteiger partial charge in [-0.05, 0) is 121 Å². The summed E-state index contributed by atoms with van der Waals surface area (Å²) in [5, 5.41) is 8.37. The smallest absolute Gasteiger partial charge is 0.142 e. The lowest BCUT2D eigenvalue weighted by molar-refractivity contribution is 0.484. The van der Waals surface area contributed by atoms with Crippen molar-refractivity contribution >= 4 is 60.6 Å². The van der Waals surface area contributed by atoms with Gasteiger partial charge in [-0.15, -0.1) is 6.58 Å². The summed E-state index contributed by atoms with van der Waals surface area (Å²) < 4.78 is 6.96. The van der Waals surface area contributed by atoms with Gasteiger partial charge in [0.1, 0.15) is 11.3 Å². The van der Waals surface area contributed by atoms with Gasteiger partial charge in [0.05, 0.1) is 6.04 Å². The van der Waals surface area contributed by atoms with Crippen LogP contribution in [0.15, 0.2) is 225 Å². The number of allylic oxidation sites excluding steroid dienone is 4. The summed E-state index contributed by atoms with van der Waals surface area (Å²) >= 11 is 0. The van der Waals surface area contributed by atoms with E-state index in [0.717, 1.165) is 67.9 Å². The third-order valence-corrected chi connectivity index (χ3v) is 11.6. The molecule has 9 rings (SSSR count). The van der Waals surface area contributed by atoms with Crippen molar-refractivity contribution in [3.05, 3.63) is 237 Å². The molecule has 0 bridgehead atoms. The predicted molar refractivity (Wildman–Crippen MR) is 259 cm³/mol. The maximum Gasteiger partial charge on any atom is 0.142 e. The molecule has 0 N–H and O–H groups in total. The molecule has 0 saturated carbocycles. The molecular formula is C58H47NO. The minimum Gasteiger partial charge on any atom is -0.458 e. The molecule has 1 atom stereocenters. The highest BCUT2D eigenvalue weighted by atomic mass is 16.3. The molecule has 0 aliphatic carbocycles. The van der Waals surface area contributed by atoms with Crippen molar-refractivity contribution in [2.75, 3.05) is 4.90 Å². The zero-order valence-corrected chi connectivity index (χ0v) is 33.9. The van der Waals surface area contributed by atoms with Crippen molar-refractivity contribution in [1.29, 1.82) is 0 Å². The van der Waals surface area contributed by atoms with E-state index in [9.17, 15) is 0 Å². The Balaban J connectivity index is 1.15. The average molecular weight is 774 g/mol. The number of anilines is 1. The van der Waals surface area contributed by atoms with Gasteiger partial charge < -0.3 is 9.32 Å². The van der Waals surface area contributed by atoms with Crippen molar-refractivity contribution < 1.29 is 4.42 Å². The number of para-hydroxylation sites is 1. The molecule has 2 nitrogen and oxygen atoms in total. The summed E-state index contributed by atoms with van der Waals surface area (Å²) in [5.41, 5.74) is 10.7. The van der Waals surface area contributed by atoms with Crippen molar-refractivity contribution in [2.45, 2.75) is 25.3 Å². The average Bonchev–Trinajstić information content (AvgIpc) is 3.74. The van der Waals surface area contributed by atoms with Gasteiger partial charge in [-0.1, -0.05) is 178 Å². The minimum atomic E-state index is -0.215. The van der Waals surface area contributed by atoms with Crippen LogP contribution >= 0.6 is 0 Å². The summed E-state index contributed by atoms with van der Waals surface area (Å²) in [6, 6.07) is 60.3. The molecular weight excluding hydrogens is 727 g/mol. The molecule has 1 unspecified atom stereocenters. The first kappa shape index (κ1) is 38.1. The van der Waals surface area contributed by atoms with Crippen LogP contribution < -0.4 is 4.90 Å². The van der Waals surface area contributed by atoms with E-state index in [1.54, 1.807) is 0 Å². The van der Waals surface area contributed by atoms with Gasteiger partial charge in [0.25, 0.3) is 0 Å². The van der Waals surface area contributed by atoms with Crippen LogP contribution in [0.25, 0.3) is 77.2 Å². The van der Waals surface area contributed by atoms with Crippen molar-refractivity contribution in [1.82, 2.24) is 0 Å². The Labute approximate surface area is 353 Å². The number of rotatable bonds is 14. The first-order chi connectivity index (χ1) is 29.5. The van der Waals surface area contributed by atoms with E-state index in [0.29, 0.717) is 12.8 Å². The van der Waals surface area contributed by atoms with E-state index in [1.807, 2.05) is 24.3 Å². The van der Waals surface area contributed by atoms with Crippen LogP contribution in [0.5, 0.6) is 0 Å². The van der Waals surface area contributed by atoms with Gasteiger partial charge in [-0.25, -0.2) is 0 Å². The molecule has 0 aliphatic heterocycles. The van der Waals surface area contributed by atoms with E-state index >= 15 is 0 Å². The molecule has 1 heterocycles. The van der Waals surface area contributed by atoms with Crippen LogP contribution in [-0.2, 0) is 0 Å². The van der Waals surface area contributed by atoms with Crippen molar-refractivity contribution in [3.63, 3.8) is 0 Å². The van der Waals surface area contributed by atoms with Crippen LogP contribution in [0.2, 0.25) is 0 Å². The molecule has 9 aromatic rings. The molecule has 1 aromatic heterocycles. The number of hydrogen-bond acceptors (Lipinski definition) is 2. The second kappa shape index (κ2) is 16.8. The lowest BCUT2D eigenvalue weighted by atomic mass is 9.91. The molecule has 60 heavy (non-hydrogen) atoms. The Bertz CT molecular complexity index is 3110. The Hall–Kier alpha value is -7.42. The summed E-state index contributed by atoms with van der Waals surface area (Å²) in [5.74, 6) is 0.861. The lowest BCUT2D eigenvalue weighted by Gasteiger charge is -2.34. The molecule has 8 aromatic carbocycles. The first-order valence-corrected chi connectivity index (χ1v) is 20.7. The maximum absolute atomic E-state index is 6.96. The van der Waals surface area contributed by atoms with E-state index in [-0.39, 0.29) is 6.04 Å². The fourth-order valence-electron chi connectivity index (χ4n) is 8.72. The van der Waals surface area contributed by atoms with Crippen LogP contribution in [0.1, 0.15) is 42.2 Å². The van der Waals surface area contributed by atoms with E-state index in [4.69, 9.17) is 17.6 Å². The Morgan fingerprint density at radius 2 is 1.23 bits per heavy atom. The molecule has 0 fully saturated rings. The Morgan fingerprint density at radius 3 is 2.02 bits per heavy atom. The highest BCUT2D eigenvalue weighted by molar-refractivity contribution is 6.11. The third-order valence-electron chi connectivity index (χ3n) is 11.6. The molecule has 0 amide bonds. The topological polar surface area (TPSA) is 16.4 Å². The molecule has 0 spiro atoms. The van der Waals surface area contributed by atoms with Gasteiger partial charge in [-0.2, -0.15) is 0 Å². The highest BCUT2D eigenvalue weighted by Crippen LogP contribution is 2.42. The summed E-state index contributed by atoms with van der Waals surface area (Å²) in [7, 11) is 0. The van der Waals surface area contributed by atoms with Crippen LogP contribution in [0, 0.1) is 0 Å². The van der Waals surface area contributed by atoms with E-state index in [1.165, 1.54) is 37.9 Å². The van der Waals surface area contributed by atoms with Crippen molar-refractivity contribution in [3.8, 4) is 22.3 Å². The normalized spacial score (nSPS) is 12.0. The monoisotopic (exact) mass is 773 g/mol. The summed E-state index contributed by atoms with van der Waals surface area (Å²) in [4.78, 5) is 2.37. The fraction of sp³-hybridized carbons (Fsp3) is 0.0690. The largest absolute Gasteiger partial charge is 0.458 e. The van der Waals surface area contributed by atoms with E-state index < -0.39 is 0 Å². The SMILES string of the molecule is C=C/C=C\c1cc2ccccc2cc1-c1cccc(N(C(=C)CCC(=C)c2cc3ccccc3c3ccccc23)C(CC=C)c2cc3cccc(-c4ccccc4)c3o2)c1. The van der Waals surface area contributed by atoms with Crippen LogP contribution in [0.3, 0.4) is 0 Å². The molecule has 2 heteroatoms. The van der Waals surface area contributed by atoms with Gasteiger partial charge in [0, 0.05) is 22.3 Å². The minimum absolute atomic E-state index is 0.215. The third kappa shape index (κ3) is 7.40. The van der Waals surface area contributed by atoms with E-state index in [2.05, 4.69) is 188 Å². The van der Waals surface area contributed by atoms with Crippen molar-refractivity contribution in [2.24, 2.45) is 0 Å². The molecule has 0 radical (unpaired) electrons. The highest BCUT2D eigenvalue weighted by Gasteiger charge is 2.27. The number of furan rings is 1. The van der Waals surface area contributed by atoms with Crippen LogP contribution in [-0.4, -0.2) is 0 Å². The Kier molecular flexibility index (Phi) is 10.7. The van der Waals surface area contributed by atoms with Gasteiger partial charge >= 0.3 is 0 Å². The first-order valence-electron chi connectivity index (χ1n) is 20.7. The lowest BCUT2D eigenvalue weighted by Crippen LogP contribution is -2.27. The second-order valence-electron chi connectivity index (χ2n) is 15.4. The number of hydrogen-bond donors (Lipinski definition) is 0. The molecule has 0 aliphatic rings. The summed E-state index contributed by atoms with van der Waals surface area (Å²) in [6.45, 7) is 17.7. The summed E-state index contributed by atoms with van der Waals surface area (Å²) in [6.07, 6.45) is 10.0. The van der Waals surface area contributed by atoms with Gasteiger partial charge in [0.15, 0.2) is 0 Å². The van der Waals surface area contributed by atoms with Gasteiger partial charge in [0.2, 0.25) is 0 Å². The standard InChI is InChI=1S/C58H47NO/c1-5-7-20-45-35-43-23-11-12-24-44(43)37-55(45)46-26-17-28-49(36-46)59(56(19-6-2)57-39-48-27-18-32-51(58(48)60-57)42-21-9-8-10-22-42)41(4)34-33-40(3)54-38-47-25-13-14-29-50(47)52-30-15-16-31-53(52)54/h5-18,20-32,35-39,56H,1-4,19,33-34H2/b20-7-. The number of benzene rings is 8. The zero-order chi connectivity index (χ0) is 41.0. The maximum atomic E-state index is 6.96. The number of nitrogens with zero attached hydrogens (tertiary/aromatic N) is 1. The number of fused-ring (bicyclic) bond motifs is 5. The molecule has 0 saturated heterocycles. The quantitative estimate of drug-likeness (QED) is 0.0622. The Morgan fingerprint density at radius 1 is 0.567 bits per heavy atom. The zero-order valence-electron chi connectivity index (χ0n) is 33.9. The molecule has 290 valence electrons. The fourth-order valence-corrected chi connectivity index (χ4v) is 8.72. The van der Waals surface area contributed by atoms with Gasteiger partial charge in [-0.3, -0.25) is 0 Å².